The molecule has 18 heavy (non-hydrogen) atoms. The first kappa shape index (κ1) is 12.3. The van der Waals surface area contributed by atoms with E-state index >= 15 is 0 Å². The first-order valence-electron chi connectivity index (χ1n) is 5.98. The number of aliphatic hydroxyl groups excluding tert-OH is 1. The second kappa shape index (κ2) is 6.58. The highest BCUT2D eigenvalue weighted by molar-refractivity contribution is 5.57. The lowest BCUT2D eigenvalue weighted by Gasteiger charge is -1.96. The SMILES string of the molecule is OCc1ccc(/C=C/C=C/c2ccccc2)cc1. The minimum absolute atomic E-state index is 0.0951. The molecule has 0 bridgehead atoms. The summed E-state index contributed by atoms with van der Waals surface area (Å²) in [6, 6.07) is 18.1. The van der Waals surface area contributed by atoms with Crippen molar-refractivity contribution < 1.29 is 5.11 Å². The molecule has 2 rings (SSSR count). The van der Waals surface area contributed by atoms with Crippen molar-refractivity contribution in [2.24, 2.45) is 0 Å². The van der Waals surface area contributed by atoms with Crippen LogP contribution in [0.4, 0.5) is 0 Å². The van der Waals surface area contributed by atoms with E-state index < -0.39 is 0 Å². The Labute approximate surface area is 108 Å². The van der Waals surface area contributed by atoms with Crippen LogP contribution in [0.3, 0.4) is 0 Å². The molecule has 0 amide bonds. The summed E-state index contributed by atoms with van der Waals surface area (Å²) in [6.07, 6.45) is 8.15. The highest BCUT2D eigenvalue weighted by Crippen LogP contribution is 2.07. The third-order valence-electron chi connectivity index (χ3n) is 2.65. The van der Waals surface area contributed by atoms with Gasteiger partial charge in [0.15, 0.2) is 0 Å². The van der Waals surface area contributed by atoms with Gasteiger partial charge in [0.05, 0.1) is 6.61 Å². The van der Waals surface area contributed by atoms with Crippen LogP contribution in [0.25, 0.3) is 12.2 Å². The zero-order valence-corrected chi connectivity index (χ0v) is 10.2. The summed E-state index contributed by atoms with van der Waals surface area (Å²) < 4.78 is 0. The van der Waals surface area contributed by atoms with Crippen LogP contribution in [0.2, 0.25) is 0 Å². The maximum Gasteiger partial charge on any atom is 0.0681 e. The van der Waals surface area contributed by atoms with E-state index in [4.69, 9.17) is 5.11 Å². The zero-order chi connectivity index (χ0) is 12.6. The topological polar surface area (TPSA) is 20.2 Å². The predicted molar refractivity (Wildman–Crippen MR) is 76.9 cm³/mol. The van der Waals surface area contributed by atoms with E-state index in [2.05, 4.69) is 18.2 Å². The van der Waals surface area contributed by atoms with E-state index in [1.807, 2.05) is 60.7 Å². The van der Waals surface area contributed by atoms with Crippen molar-refractivity contribution in [3.63, 3.8) is 0 Å². The van der Waals surface area contributed by atoms with E-state index in [1.54, 1.807) is 0 Å². The van der Waals surface area contributed by atoms with Crippen LogP contribution in [0.15, 0.2) is 66.7 Å². The van der Waals surface area contributed by atoms with Gasteiger partial charge in [0.2, 0.25) is 0 Å². The number of rotatable bonds is 4. The lowest BCUT2D eigenvalue weighted by Crippen LogP contribution is -1.81. The van der Waals surface area contributed by atoms with E-state index in [0.29, 0.717) is 0 Å². The Kier molecular flexibility index (Phi) is 4.51. The third kappa shape index (κ3) is 3.72. The number of hydrogen-bond donors (Lipinski definition) is 1. The van der Waals surface area contributed by atoms with E-state index in [0.717, 1.165) is 11.1 Å². The molecule has 1 nitrogen and oxygen atoms in total. The Morgan fingerprint density at radius 3 is 1.83 bits per heavy atom. The van der Waals surface area contributed by atoms with Gasteiger partial charge in [-0.1, -0.05) is 78.9 Å². The van der Waals surface area contributed by atoms with Gasteiger partial charge in [-0.2, -0.15) is 0 Å². The van der Waals surface area contributed by atoms with E-state index in [-0.39, 0.29) is 6.61 Å². The zero-order valence-electron chi connectivity index (χ0n) is 10.2. The second-order valence-corrected chi connectivity index (χ2v) is 4.03. The summed E-state index contributed by atoms with van der Waals surface area (Å²) in [5, 5.41) is 8.94. The van der Waals surface area contributed by atoms with E-state index in [9.17, 15) is 0 Å². The van der Waals surface area contributed by atoms with Gasteiger partial charge in [0, 0.05) is 0 Å². The summed E-state index contributed by atoms with van der Waals surface area (Å²) in [4.78, 5) is 0. The van der Waals surface area contributed by atoms with Crippen molar-refractivity contribution in [3.8, 4) is 0 Å². The van der Waals surface area contributed by atoms with Crippen LogP contribution in [-0.2, 0) is 6.61 Å². The minimum Gasteiger partial charge on any atom is -0.392 e. The molecule has 0 aliphatic carbocycles. The Hall–Kier alpha value is -2.12. The quantitative estimate of drug-likeness (QED) is 0.798. The minimum atomic E-state index is 0.0951. The average molecular weight is 236 g/mol. The molecule has 0 aliphatic rings. The molecule has 0 unspecified atom stereocenters. The highest BCUT2D eigenvalue weighted by Gasteiger charge is 1.88. The summed E-state index contributed by atoms with van der Waals surface area (Å²) in [7, 11) is 0. The molecule has 90 valence electrons. The van der Waals surface area contributed by atoms with Gasteiger partial charge in [-0.05, 0) is 16.7 Å². The maximum absolute atomic E-state index is 8.94. The fourth-order valence-electron chi connectivity index (χ4n) is 1.63. The molecule has 1 heteroatoms. The molecule has 1 N–H and O–H groups in total. The van der Waals surface area contributed by atoms with Crippen LogP contribution >= 0.6 is 0 Å². The van der Waals surface area contributed by atoms with Crippen molar-refractivity contribution in [1.82, 2.24) is 0 Å². The second-order valence-electron chi connectivity index (χ2n) is 4.03. The predicted octanol–water partition coefficient (Wildman–Crippen LogP) is 3.91. The maximum atomic E-state index is 8.94. The molecule has 0 radical (unpaired) electrons. The summed E-state index contributed by atoms with van der Waals surface area (Å²) >= 11 is 0. The fourth-order valence-corrected chi connectivity index (χ4v) is 1.63. The third-order valence-corrected chi connectivity index (χ3v) is 2.65. The van der Waals surface area contributed by atoms with Gasteiger partial charge in [0.1, 0.15) is 0 Å². The van der Waals surface area contributed by atoms with Gasteiger partial charge < -0.3 is 5.11 Å². The summed E-state index contributed by atoms with van der Waals surface area (Å²) in [6.45, 7) is 0.0951. The van der Waals surface area contributed by atoms with Crippen LogP contribution in [0.5, 0.6) is 0 Å². The number of benzene rings is 2. The van der Waals surface area contributed by atoms with Crippen LogP contribution in [-0.4, -0.2) is 5.11 Å². The fraction of sp³-hybridized carbons (Fsp3) is 0.0588. The molecule has 2 aromatic rings. The molecule has 0 fully saturated rings. The van der Waals surface area contributed by atoms with Gasteiger partial charge in [-0.25, -0.2) is 0 Å². The average Bonchev–Trinajstić information content (AvgIpc) is 2.45. The van der Waals surface area contributed by atoms with Gasteiger partial charge >= 0.3 is 0 Å². The van der Waals surface area contributed by atoms with Crippen molar-refractivity contribution in [2.75, 3.05) is 0 Å². The number of hydrogen-bond acceptors (Lipinski definition) is 1. The first-order chi connectivity index (χ1) is 8.88. The Morgan fingerprint density at radius 2 is 1.28 bits per heavy atom. The van der Waals surface area contributed by atoms with Gasteiger partial charge in [-0.15, -0.1) is 0 Å². The Morgan fingerprint density at radius 1 is 0.722 bits per heavy atom. The smallest absolute Gasteiger partial charge is 0.0681 e. The normalized spacial score (nSPS) is 11.4. The largest absolute Gasteiger partial charge is 0.392 e. The molecular weight excluding hydrogens is 220 g/mol. The Bertz CT molecular complexity index is 521. The molecule has 0 spiro atoms. The summed E-state index contributed by atoms with van der Waals surface area (Å²) in [5.41, 5.74) is 3.26. The monoisotopic (exact) mass is 236 g/mol. The van der Waals surface area contributed by atoms with Crippen molar-refractivity contribution in [2.45, 2.75) is 6.61 Å². The van der Waals surface area contributed by atoms with Crippen molar-refractivity contribution in [3.05, 3.63) is 83.4 Å². The molecule has 0 atom stereocenters. The summed E-state index contributed by atoms with van der Waals surface area (Å²) in [5.74, 6) is 0. The standard InChI is InChI=1S/C17H16O/c18-14-17-12-10-16(11-13-17)9-5-4-8-15-6-2-1-3-7-15/h1-13,18H,14H2/b8-4+,9-5+. The lowest BCUT2D eigenvalue weighted by molar-refractivity contribution is 0.282. The molecular formula is C17H16O. The van der Waals surface area contributed by atoms with E-state index in [1.165, 1.54) is 5.56 Å². The van der Waals surface area contributed by atoms with Gasteiger partial charge in [-0.3, -0.25) is 0 Å². The highest BCUT2D eigenvalue weighted by atomic mass is 16.3. The van der Waals surface area contributed by atoms with Gasteiger partial charge in [0.25, 0.3) is 0 Å². The molecule has 0 aromatic heterocycles. The molecule has 0 saturated carbocycles. The van der Waals surface area contributed by atoms with Crippen LogP contribution < -0.4 is 0 Å². The van der Waals surface area contributed by atoms with Crippen LogP contribution in [0.1, 0.15) is 16.7 Å². The first-order valence-corrected chi connectivity index (χ1v) is 5.98. The molecule has 0 saturated heterocycles. The van der Waals surface area contributed by atoms with Crippen LogP contribution in [0, 0.1) is 0 Å². The number of aliphatic hydroxyl groups is 1. The van der Waals surface area contributed by atoms with Crippen molar-refractivity contribution in [1.29, 1.82) is 0 Å². The molecule has 0 aliphatic heterocycles. The molecule has 0 heterocycles. The van der Waals surface area contributed by atoms with Crippen molar-refractivity contribution >= 4 is 12.2 Å². The lowest BCUT2D eigenvalue weighted by atomic mass is 10.1. The molecule has 2 aromatic carbocycles. The number of allylic oxidation sites excluding steroid dienone is 2. The Balaban J connectivity index is 1.96.